The quantitative estimate of drug-likeness (QED) is 0.639. The summed E-state index contributed by atoms with van der Waals surface area (Å²) in [6.45, 7) is 18.5. The molecule has 0 aromatic carbocycles. The van der Waals surface area contributed by atoms with E-state index in [4.69, 9.17) is 0 Å². The molecule has 0 aliphatic carbocycles. The molecule has 1 heterocycles. The smallest absolute Gasteiger partial charge is 0.0293 e. The van der Waals surface area contributed by atoms with Crippen LogP contribution in [0.2, 0.25) is 0 Å². The Balaban J connectivity index is 0.00000106. The second-order valence-electron chi connectivity index (χ2n) is 4.34. The zero-order chi connectivity index (χ0) is 12.6. The minimum atomic E-state index is 0.879. The van der Waals surface area contributed by atoms with Crippen LogP contribution in [0.25, 0.3) is 0 Å². The van der Waals surface area contributed by atoms with Gasteiger partial charge in [0.2, 0.25) is 0 Å². The summed E-state index contributed by atoms with van der Waals surface area (Å²) in [5.74, 6) is 0.879. The summed E-state index contributed by atoms with van der Waals surface area (Å²) in [6, 6.07) is 0. The first-order valence-electron chi connectivity index (χ1n) is 6.37. The molecule has 92 valence electrons. The molecule has 0 saturated carbocycles. The molecule has 1 rings (SSSR count). The van der Waals surface area contributed by atoms with Gasteiger partial charge in [-0.1, -0.05) is 45.6 Å². The first kappa shape index (κ1) is 15.0. The van der Waals surface area contributed by atoms with Crippen molar-refractivity contribution in [2.24, 2.45) is 5.92 Å². The third-order valence-corrected chi connectivity index (χ3v) is 2.75. The van der Waals surface area contributed by atoms with Gasteiger partial charge in [0.15, 0.2) is 0 Å². The van der Waals surface area contributed by atoms with Crippen molar-refractivity contribution in [2.75, 3.05) is 13.1 Å². The molecule has 0 bridgehead atoms. The Hall–Kier alpha value is -0.980. The molecule has 0 unspecified atom stereocenters. The van der Waals surface area contributed by atoms with Gasteiger partial charge in [-0.3, -0.25) is 0 Å². The van der Waals surface area contributed by atoms with Crippen molar-refractivity contribution < 1.29 is 0 Å². The van der Waals surface area contributed by atoms with Gasteiger partial charge in [-0.05, 0) is 31.8 Å². The summed E-state index contributed by atoms with van der Waals surface area (Å²) in [5.41, 5.74) is 2.21. The third-order valence-electron chi connectivity index (χ3n) is 2.75. The Morgan fingerprint density at radius 3 is 2.06 bits per heavy atom. The lowest BCUT2D eigenvalue weighted by Crippen LogP contribution is -2.31. The summed E-state index contributed by atoms with van der Waals surface area (Å²) >= 11 is 0. The van der Waals surface area contributed by atoms with E-state index in [1.54, 1.807) is 0 Å². The van der Waals surface area contributed by atoms with Crippen molar-refractivity contribution in [1.29, 1.82) is 0 Å². The first-order valence-corrected chi connectivity index (χ1v) is 6.37. The standard InChI is InChI=1S/C13H21N.C2H6/c1-11(2)5-6-13(4)14-9-7-12(3)8-10-14;1-2/h5-6,12H,1,4,7-10H2,2-3H3;1-2H3/b6-5-;. The Labute approximate surface area is 102 Å². The molecular weight excluding hydrogens is 194 g/mol. The number of hydrogen-bond donors (Lipinski definition) is 0. The van der Waals surface area contributed by atoms with E-state index in [2.05, 4.69) is 31.1 Å². The second-order valence-corrected chi connectivity index (χ2v) is 4.34. The topological polar surface area (TPSA) is 3.24 Å². The van der Waals surface area contributed by atoms with E-state index in [1.807, 2.05) is 26.8 Å². The molecule has 1 fully saturated rings. The van der Waals surface area contributed by atoms with Crippen LogP contribution in [0.15, 0.2) is 36.6 Å². The number of rotatable bonds is 3. The lowest BCUT2D eigenvalue weighted by molar-refractivity contribution is 0.244. The summed E-state index contributed by atoms with van der Waals surface area (Å²) in [7, 11) is 0. The van der Waals surface area contributed by atoms with Gasteiger partial charge in [0, 0.05) is 18.8 Å². The minimum absolute atomic E-state index is 0.879. The molecule has 1 saturated heterocycles. The lowest BCUT2D eigenvalue weighted by atomic mass is 9.99. The van der Waals surface area contributed by atoms with Gasteiger partial charge in [-0.2, -0.15) is 0 Å². The Morgan fingerprint density at radius 1 is 1.12 bits per heavy atom. The number of allylic oxidation sites excluding steroid dienone is 3. The zero-order valence-electron chi connectivity index (χ0n) is 11.4. The van der Waals surface area contributed by atoms with Gasteiger partial charge in [-0.25, -0.2) is 0 Å². The molecule has 0 aromatic heterocycles. The number of likely N-dealkylation sites (tertiary alicyclic amines) is 1. The van der Waals surface area contributed by atoms with Crippen LogP contribution in [0.5, 0.6) is 0 Å². The summed E-state index contributed by atoms with van der Waals surface area (Å²) in [6.07, 6.45) is 6.68. The third kappa shape index (κ3) is 5.79. The fraction of sp³-hybridized carbons (Fsp3) is 0.600. The van der Waals surface area contributed by atoms with Gasteiger partial charge >= 0.3 is 0 Å². The molecule has 16 heavy (non-hydrogen) atoms. The van der Waals surface area contributed by atoms with Crippen LogP contribution in [0.1, 0.15) is 40.5 Å². The Bertz CT molecular complexity index is 242. The molecule has 0 N–H and O–H groups in total. The maximum Gasteiger partial charge on any atom is 0.0293 e. The van der Waals surface area contributed by atoms with E-state index in [-0.39, 0.29) is 0 Å². The first-order chi connectivity index (χ1) is 7.59. The molecule has 1 nitrogen and oxygen atoms in total. The Morgan fingerprint density at radius 2 is 1.62 bits per heavy atom. The molecule has 1 aliphatic rings. The summed E-state index contributed by atoms with van der Waals surface area (Å²) < 4.78 is 0. The van der Waals surface area contributed by atoms with E-state index < -0.39 is 0 Å². The van der Waals surface area contributed by atoms with E-state index >= 15 is 0 Å². The predicted molar refractivity (Wildman–Crippen MR) is 74.4 cm³/mol. The molecule has 1 aliphatic heterocycles. The summed E-state index contributed by atoms with van der Waals surface area (Å²) in [4.78, 5) is 2.36. The SMILES string of the molecule is C=C(C)/C=C\C(=C)N1CCC(C)CC1.CC. The van der Waals surface area contributed by atoms with Crippen LogP contribution in [0.4, 0.5) is 0 Å². The van der Waals surface area contributed by atoms with Gasteiger partial charge < -0.3 is 4.90 Å². The fourth-order valence-electron chi connectivity index (χ4n) is 1.64. The lowest BCUT2D eigenvalue weighted by Gasteiger charge is -2.32. The van der Waals surface area contributed by atoms with Crippen LogP contribution < -0.4 is 0 Å². The highest BCUT2D eigenvalue weighted by Gasteiger charge is 2.15. The van der Waals surface area contributed by atoms with Crippen LogP contribution in [-0.4, -0.2) is 18.0 Å². The molecule has 1 heteroatoms. The maximum absolute atomic E-state index is 4.07. The van der Waals surface area contributed by atoms with Crippen molar-refractivity contribution >= 4 is 0 Å². The van der Waals surface area contributed by atoms with E-state index in [9.17, 15) is 0 Å². The van der Waals surface area contributed by atoms with Crippen LogP contribution in [0.3, 0.4) is 0 Å². The van der Waals surface area contributed by atoms with Crippen LogP contribution in [-0.2, 0) is 0 Å². The Kier molecular flexibility index (Phi) is 7.70. The van der Waals surface area contributed by atoms with Crippen molar-refractivity contribution in [3.8, 4) is 0 Å². The zero-order valence-corrected chi connectivity index (χ0v) is 11.4. The minimum Gasteiger partial charge on any atom is -0.372 e. The fourth-order valence-corrected chi connectivity index (χ4v) is 1.64. The second kappa shape index (κ2) is 8.20. The largest absolute Gasteiger partial charge is 0.372 e. The summed E-state index contributed by atoms with van der Waals surface area (Å²) in [5, 5.41) is 0. The number of piperidine rings is 1. The average molecular weight is 221 g/mol. The van der Waals surface area contributed by atoms with Crippen molar-refractivity contribution in [1.82, 2.24) is 4.90 Å². The van der Waals surface area contributed by atoms with Gasteiger partial charge in [-0.15, -0.1) is 0 Å². The molecule has 0 atom stereocenters. The highest BCUT2D eigenvalue weighted by atomic mass is 15.1. The van der Waals surface area contributed by atoms with Gasteiger partial charge in [0.1, 0.15) is 0 Å². The highest BCUT2D eigenvalue weighted by molar-refractivity contribution is 5.22. The molecule has 0 amide bonds. The predicted octanol–water partition coefficient (Wildman–Crippen LogP) is 4.39. The van der Waals surface area contributed by atoms with E-state index in [0.29, 0.717) is 0 Å². The molecule has 0 aromatic rings. The number of hydrogen-bond acceptors (Lipinski definition) is 1. The molecular formula is C15H27N. The average Bonchev–Trinajstić information content (AvgIpc) is 2.29. The van der Waals surface area contributed by atoms with Crippen molar-refractivity contribution in [2.45, 2.75) is 40.5 Å². The van der Waals surface area contributed by atoms with Crippen molar-refractivity contribution in [3.05, 3.63) is 36.6 Å². The number of nitrogens with zero attached hydrogens (tertiary/aromatic N) is 1. The maximum atomic E-state index is 4.07. The van der Waals surface area contributed by atoms with E-state index in [1.165, 1.54) is 12.8 Å². The van der Waals surface area contributed by atoms with Crippen molar-refractivity contribution in [3.63, 3.8) is 0 Å². The highest BCUT2D eigenvalue weighted by Crippen LogP contribution is 2.19. The monoisotopic (exact) mass is 221 g/mol. The molecule has 0 radical (unpaired) electrons. The normalized spacial score (nSPS) is 16.9. The van der Waals surface area contributed by atoms with Crippen LogP contribution >= 0.6 is 0 Å². The van der Waals surface area contributed by atoms with Gasteiger partial charge in [0.05, 0.1) is 0 Å². The van der Waals surface area contributed by atoms with Crippen LogP contribution in [0, 0.1) is 5.92 Å². The molecule has 0 spiro atoms. The van der Waals surface area contributed by atoms with Gasteiger partial charge in [0.25, 0.3) is 0 Å². The van der Waals surface area contributed by atoms with E-state index in [0.717, 1.165) is 30.3 Å².